The monoisotopic (exact) mass is 292 g/mol. The zero-order valence-electron chi connectivity index (χ0n) is 13.4. The number of hydrogen-bond acceptors (Lipinski definition) is 2. The topological polar surface area (TPSA) is 24.1 Å². The van der Waals surface area contributed by atoms with Gasteiger partial charge < -0.3 is 10.6 Å². The van der Waals surface area contributed by atoms with Crippen molar-refractivity contribution in [3.63, 3.8) is 0 Å². The Morgan fingerprint density at radius 2 is 1.09 bits per heavy atom. The lowest BCUT2D eigenvalue weighted by molar-refractivity contribution is 0.886. The molecule has 0 radical (unpaired) electrons. The number of benzene rings is 2. The maximum atomic E-state index is 3.19. The predicted molar refractivity (Wildman–Crippen MR) is 96.5 cm³/mol. The van der Waals surface area contributed by atoms with Gasteiger partial charge in [-0.1, -0.05) is 29.8 Å². The first-order chi connectivity index (χ1) is 10.8. The Kier molecular flexibility index (Phi) is 4.47. The molecule has 0 amide bonds. The molecule has 2 N–H and O–H groups in total. The fraction of sp³-hybridized carbons (Fsp3) is 0.300. The molecular weight excluding hydrogens is 268 g/mol. The lowest BCUT2D eigenvalue weighted by Crippen LogP contribution is -1.95. The molecule has 2 aromatic rings. The second-order valence-corrected chi connectivity index (χ2v) is 5.84. The zero-order chi connectivity index (χ0) is 15.4. The third-order valence-corrected chi connectivity index (χ3v) is 4.49. The second kappa shape index (κ2) is 6.69. The molecule has 0 aliphatic heterocycles. The molecule has 1 aliphatic carbocycles. The summed E-state index contributed by atoms with van der Waals surface area (Å²) in [5.74, 6) is 0. The Hall–Kier alpha value is -2.22. The highest BCUT2D eigenvalue weighted by atomic mass is 14.8. The van der Waals surface area contributed by atoms with Gasteiger partial charge in [0.2, 0.25) is 0 Å². The van der Waals surface area contributed by atoms with Gasteiger partial charge in [-0.3, -0.25) is 0 Å². The summed E-state index contributed by atoms with van der Waals surface area (Å²) < 4.78 is 0. The van der Waals surface area contributed by atoms with Crippen LogP contribution in [0.4, 0.5) is 11.4 Å². The van der Waals surface area contributed by atoms with Crippen LogP contribution in [0, 0.1) is 0 Å². The first-order valence-electron chi connectivity index (χ1n) is 8.10. The fourth-order valence-corrected chi connectivity index (χ4v) is 3.23. The molecule has 1 fully saturated rings. The van der Waals surface area contributed by atoms with Gasteiger partial charge in [-0.15, -0.1) is 0 Å². The van der Waals surface area contributed by atoms with E-state index in [0.29, 0.717) is 0 Å². The normalized spacial score (nSPS) is 14.0. The fourth-order valence-electron chi connectivity index (χ4n) is 3.23. The highest BCUT2D eigenvalue weighted by molar-refractivity contribution is 5.83. The maximum Gasteiger partial charge on any atom is 0.0337 e. The first kappa shape index (κ1) is 14.7. The molecule has 22 heavy (non-hydrogen) atoms. The minimum Gasteiger partial charge on any atom is -0.388 e. The number of nitrogens with one attached hydrogen (secondary N) is 2. The quantitative estimate of drug-likeness (QED) is 0.814. The smallest absolute Gasteiger partial charge is 0.0337 e. The standard InChI is InChI=1S/C20H24N2/c1-21-18-11-7-16(8-12-18)20(15-5-3-4-6-15)17-9-13-19(22-2)14-10-17/h7-14,21-22H,3-6H2,1-2H3. The molecule has 1 aliphatic rings. The first-order valence-corrected chi connectivity index (χ1v) is 8.10. The van der Waals surface area contributed by atoms with Crippen molar-refractivity contribution in [2.75, 3.05) is 24.7 Å². The van der Waals surface area contributed by atoms with E-state index in [4.69, 9.17) is 0 Å². The maximum absolute atomic E-state index is 3.19. The SMILES string of the molecule is CNc1ccc(C(=C2CCCC2)c2ccc(NC)cc2)cc1. The lowest BCUT2D eigenvalue weighted by atomic mass is 9.92. The molecule has 0 heterocycles. The third kappa shape index (κ3) is 3.01. The molecule has 114 valence electrons. The summed E-state index contributed by atoms with van der Waals surface area (Å²) in [6.07, 6.45) is 5.11. The number of rotatable bonds is 4. The molecule has 2 aromatic carbocycles. The van der Waals surface area contributed by atoms with Crippen molar-refractivity contribution in [1.29, 1.82) is 0 Å². The van der Waals surface area contributed by atoms with Crippen molar-refractivity contribution >= 4 is 16.9 Å². The average Bonchev–Trinajstić information content (AvgIpc) is 3.10. The van der Waals surface area contributed by atoms with E-state index < -0.39 is 0 Å². The molecule has 2 nitrogen and oxygen atoms in total. The Bertz CT molecular complexity index is 594. The van der Waals surface area contributed by atoms with Gasteiger partial charge in [0.1, 0.15) is 0 Å². The second-order valence-electron chi connectivity index (χ2n) is 5.84. The minimum absolute atomic E-state index is 1.16. The van der Waals surface area contributed by atoms with E-state index in [1.807, 2.05) is 14.1 Å². The Morgan fingerprint density at radius 3 is 1.45 bits per heavy atom. The van der Waals surface area contributed by atoms with Crippen LogP contribution in [0.1, 0.15) is 36.8 Å². The van der Waals surface area contributed by atoms with Crippen LogP contribution in [-0.2, 0) is 0 Å². The molecule has 2 heteroatoms. The lowest BCUT2D eigenvalue weighted by Gasteiger charge is -2.14. The molecule has 0 bridgehead atoms. The van der Waals surface area contributed by atoms with Crippen LogP contribution in [0.2, 0.25) is 0 Å². The third-order valence-electron chi connectivity index (χ3n) is 4.49. The highest BCUT2D eigenvalue weighted by Crippen LogP contribution is 2.36. The Labute approximate surface area is 133 Å². The van der Waals surface area contributed by atoms with Gasteiger partial charge in [0.15, 0.2) is 0 Å². The van der Waals surface area contributed by atoms with Gasteiger partial charge in [-0.05, 0) is 66.6 Å². The van der Waals surface area contributed by atoms with Crippen molar-refractivity contribution in [3.8, 4) is 0 Å². The van der Waals surface area contributed by atoms with Crippen molar-refractivity contribution in [1.82, 2.24) is 0 Å². The molecule has 0 spiro atoms. The predicted octanol–water partition coefficient (Wildman–Crippen LogP) is 5.15. The molecular formula is C20H24N2. The van der Waals surface area contributed by atoms with Crippen molar-refractivity contribution < 1.29 is 0 Å². The van der Waals surface area contributed by atoms with Gasteiger partial charge >= 0.3 is 0 Å². The van der Waals surface area contributed by atoms with Gasteiger partial charge in [-0.2, -0.15) is 0 Å². The van der Waals surface area contributed by atoms with E-state index in [9.17, 15) is 0 Å². The van der Waals surface area contributed by atoms with E-state index in [1.54, 1.807) is 5.57 Å². The van der Waals surface area contributed by atoms with Crippen LogP contribution in [-0.4, -0.2) is 14.1 Å². The number of allylic oxidation sites excluding steroid dienone is 1. The van der Waals surface area contributed by atoms with Crippen LogP contribution in [0.3, 0.4) is 0 Å². The molecule has 0 saturated heterocycles. The van der Waals surface area contributed by atoms with Crippen LogP contribution in [0.25, 0.3) is 5.57 Å². The largest absolute Gasteiger partial charge is 0.388 e. The molecule has 3 rings (SSSR count). The number of anilines is 2. The van der Waals surface area contributed by atoms with E-state index in [1.165, 1.54) is 42.4 Å². The van der Waals surface area contributed by atoms with Crippen LogP contribution in [0.15, 0.2) is 54.1 Å². The van der Waals surface area contributed by atoms with E-state index in [-0.39, 0.29) is 0 Å². The Balaban J connectivity index is 2.05. The Morgan fingerprint density at radius 1 is 0.682 bits per heavy atom. The summed E-state index contributed by atoms with van der Waals surface area (Å²) in [5, 5.41) is 6.39. The van der Waals surface area contributed by atoms with Crippen LogP contribution >= 0.6 is 0 Å². The van der Waals surface area contributed by atoms with Gasteiger partial charge in [0.25, 0.3) is 0 Å². The molecule has 0 atom stereocenters. The van der Waals surface area contributed by atoms with E-state index in [2.05, 4.69) is 59.2 Å². The van der Waals surface area contributed by atoms with Crippen molar-refractivity contribution in [3.05, 3.63) is 65.2 Å². The van der Waals surface area contributed by atoms with Gasteiger partial charge in [0.05, 0.1) is 0 Å². The number of hydrogen-bond donors (Lipinski definition) is 2. The summed E-state index contributed by atoms with van der Waals surface area (Å²) in [5.41, 5.74) is 8.01. The minimum atomic E-state index is 1.16. The highest BCUT2D eigenvalue weighted by Gasteiger charge is 2.15. The summed E-state index contributed by atoms with van der Waals surface area (Å²) in [4.78, 5) is 0. The molecule has 1 saturated carbocycles. The summed E-state index contributed by atoms with van der Waals surface area (Å²) in [6, 6.07) is 17.6. The van der Waals surface area contributed by atoms with E-state index >= 15 is 0 Å². The van der Waals surface area contributed by atoms with E-state index in [0.717, 1.165) is 11.4 Å². The summed E-state index contributed by atoms with van der Waals surface area (Å²) in [7, 11) is 3.92. The average molecular weight is 292 g/mol. The van der Waals surface area contributed by atoms with Gasteiger partial charge in [-0.25, -0.2) is 0 Å². The van der Waals surface area contributed by atoms with Crippen LogP contribution < -0.4 is 10.6 Å². The molecule has 0 aromatic heterocycles. The summed E-state index contributed by atoms with van der Waals surface area (Å²) in [6.45, 7) is 0. The van der Waals surface area contributed by atoms with Gasteiger partial charge in [0, 0.05) is 25.5 Å². The van der Waals surface area contributed by atoms with Crippen LogP contribution in [0.5, 0.6) is 0 Å². The van der Waals surface area contributed by atoms with Crippen molar-refractivity contribution in [2.45, 2.75) is 25.7 Å². The summed E-state index contributed by atoms with van der Waals surface area (Å²) >= 11 is 0. The van der Waals surface area contributed by atoms with Crippen molar-refractivity contribution in [2.24, 2.45) is 0 Å². The zero-order valence-corrected chi connectivity index (χ0v) is 13.4. The molecule has 0 unspecified atom stereocenters.